The molecule has 0 unspecified atom stereocenters. The van der Waals surface area contributed by atoms with E-state index in [0.717, 1.165) is 5.56 Å². The van der Waals surface area contributed by atoms with E-state index in [1.54, 1.807) is 24.3 Å². The van der Waals surface area contributed by atoms with Crippen LogP contribution in [0.4, 0.5) is 20.5 Å². The molecule has 7 heteroatoms. The summed E-state index contributed by atoms with van der Waals surface area (Å²) >= 11 is 0. The van der Waals surface area contributed by atoms with Crippen LogP contribution >= 0.6 is 0 Å². The molecule has 5 nitrogen and oxygen atoms in total. The van der Waals surface area contributed by atoms with Gasteiger partial charge in [-0.3, -0.25) is 0 Å². The summed E-state index contributed by atoms with van der Waals surface area (Å²) < 4.78 is 26.5. The summed E-state index contributed by atoms with van der Waals surface area (Å²) in [6.45, 7) is 1.14. The van der Waals surface area contributed by atoms with E-state index in [2.05, 4.69) is 25.8 Å². The quantitative estimate of drug-likeness (QED) is 0.648. The van der Waals surface area contributed by atoms with Gasteiger partial charge in [-0.2, -0.15) is 10.1 Å². The van der Waals surface area contributed by atoms with Gasteiger partial charge in [-0.25, -0.2) is 8.78 Å². The lowest BCUT2D eigenvalue weighted by atomic mass is 10.1. The van der Waals surface area contributed by atoms with Gasteiger partial charge in [-0.15, -0.1) is 5.10 Å². The van der Waals surface area contributed by atoms with E-state index in [1.807, 2.05) is 6.07 Å². The number of hydrogen-bond donors (Lipinski definition) is 2. The molecule has 0 aliphatic heterocycles. The smallest absolute Gasteiger partial charge is 0.244 e. The standard InChI is InChI=1S/C19H19F2N5/c20-16-7-5-14(6-8-16)9-11-23-19-25-18(13-24-26-19)22-12-10-15-3-1-2-4-17(15)21/h1-8,13H,9-12H2,(H2,22,23,25,26). The molecule has 2 N–H and O–H groups in total. The number of halogens is 2. The normalized spacial score (nSPS) is 10.5. The Bertz CT molecular complexity index is 839. The Hall–Kier alpha value is -3.09. The molecule has 3 rings (SSSR count). The molecule has 0 saturated heterocycles. The Morgan fingerprint density at radius 1 is 0.846 bits per heavy atom. The van der Waals surface area contributed by atoms with Gasteiger partial charge < -0.3 is 10.6 Å². The summed E-state index contributed by atoms with van der Waals surface area (Å²) in [7, 11) is 0. The third kappa shape index (κ3) is 5.20. The van der Waals surface area contributed by atoms with Crippen molar-refractivity contribution in [3.63, 3.8) is 0 Å². The maximum atomic E-state index is 13.6. The van der Waals surface area contributed by atoms with Gasteiger partial charge in [0.25, 0.3) is 0 Å². The maximum absolute atomic E-state index is 13.6. The molecule has 1 heterocycles. The molecule has 0 bridgehead atoms. The second-order valence-electron chi connectivity index (χ2n) is 5.74. The molecule has 0 saturated carbocycles. The van der Waals surface area contributed by atoms with Crippen molar-refractivity contribution in [3.8, 4) is 0 Å². The fourth-order valence-corrected chi connectivity index (χ4v) is 2.46. The first-order valence-corrected chi connectivity index (χ1v) is 8.36. The van der Waals surface area contributed by atoms with E-state index < -0.39 is 0 Å². The van der Waals surface area contributed by atoms with Crippen LogP contribution in [-0.4, -0.2) is 28.3 Å². The highest BCUT2D eigenvalue weighted by Gasteiger charge is 2.03. The van der Waals surface area contributed by atoms with Crippen LogP contribution in [0.5, 0.6) is 0 Å². The van der Waals surface area contributed by atoms with Gasteiger partial charge in [0.1, 0.15) is 11.6 Å². The van der Waals surface area contributed by atoms with Crippen LogP contribution in [0.2, 0.25) is 0 Å². The number of aromatic nitrogens is 3. The Balaban J connectivity index is 1.47. The fourth-order valence-electron chi connectivity index (χ4n) is 2.46. The van der Waals surface area contributed by atoms with Gasteiger partial charge in [0.05, 0.1) is 6.20 Å². The van der Waals surface area contributed by atoms with E-state index >= 15 is 0 Å². The first kappa shape index (κ1) is 17.7. The van der Waals surface area contributed by atoms with Crippen LogP contribution in [0.1, 0.15) is 11.1 Å². The highest BCUT2D eigenvalue weighted by atomic mass is 19.1. The maximum Gasteiger partial charge on any atom is 0.244 e. The first-order chi connectivity index (χ1) is 12.7. The lowest BCUT2D eigenvalue weighted by molar-refractivity contribution is 0.610. The molecule has 0 atom stereocenters. The minimum atomic E-state index is -0.247. The van der Waals surface area contributed by atoms with Crippen molar-refractivity contribution in [2.24, 2.45) is 0 Å². The average Bonchev–Trinajstić information content (AvgIpc) is 2.65. The predicted molar refractivity (Wildman–Crippen MR) is 97.0 cm³/mol. The fraction of sp³-hybridized carbons (Fsp3) is 0.211. The molecule has 26 heavy (non-hydrogen) atoms. The van der Waals surface area contributed by atoms with Crippen molar-refractivity contribution in [2.75, 3.05) is 23.7 Å². The Morgan fingerprint density at radius 3 is 2.42 bits per heavy atom. The minimum absolute atomic E-state index is 0.210. The lowest BCUT2D eigenvalue weighted by Gasteiger charge is -2.08. The summed E-state index contributed by atoms with van der Waals surface area (Å²) in [5.74, 6) is 0.519. The number of benzene rings is 2. The van der Waals surface area contributed by atoms with Gasteiger partial charge in [-0.05, 0) is 42.2 Å². The third-order valence-electron chi connectivity index (χ3n) is 3.83. The summed E-state index contributed by atoms with van der Waals surface area (Å²) in [5, 5.41) is 14.0. The van der Waals surface area contributed by atoms with Gasteiger partial charge >= 0.3 is 0 Å². The number of hydrogen-bond acceptors (Lipinski definition) is 5. The number of nitrogens with one attached hydrogen (secondary N) is 2. The van der Waals surface area contributed by atoms with Crippen molar-refractivity contribution in [2.45, 2.75) is 12.8 Å². The Morgan fingerprint density at radius 2 is 1.62 bits per heavy atom. The molecule has 0 spiro atoms. The molecule has 0 aliphatic carbocycles. The SMILES string of the molecule is Fc1ccc(CCNc2nncc(NCCc3ccccc3F)n2)cc1. The molecule has 0 radical (unpaired) electrons. The second kappa shape index (κ2) is 8.84. The van der Waals surface area contributed by atoms with E-state index in [9.17, 15) is 8.78 Å². The molecule has 2 aromatic carbocycles. The Kier molecular flexibility index (Phi) is 6.03. The zero-order valence-electron chi connectivity index (χ0n) is 14.1. The van der Waals surface area contributed by atoms with Crippen molar-refractivity contribution >= 4 is 11.8 Å². The first-order valence-electron chi connectivity index (χ1n) is 8.36. The number of nitrogens with zero attached hydrogens (tertiary/aromatic N) is 3. The molecule has 0 amide bonds. The Labute approximate surface area is 150 Å². The van der Waals surface area contributed by atoms with E-state index in [1.165, 1.54) is 24.4 Å². The summed E-state index contributed by atoms with van der Waals surface area (Å²) in [6.07, 6.45) is 2.78. The molecular weight excluding hydrogens is 336 g/mol. The molecule has 1 aromatic heterocycles. The average molecular weight is 355 g/mol. The third-order valence-corrected chi connectivity index (χ3v) is 3.83. The van der Waals surface area contributed by atoms with E-state index in [-0.39, 0.29) is 11.6 Å². The van der Waals surface area contributed by atoms with Gasteiger partial charge in [-0.1, -0.05) is 30.3 Å². The van der Waals surface area contributed by atoms with Gasteiger partial charge in [0.15, 0.2) is 5.82 Å². The molecule has 0 aliphatic rings. The number of anilines is 2. The highest BCUT2D eigenvalue weighted by Crippen LogP contribution is 2.09. The molecule has 134 valence electrons. The van der Waals surface area contributed by atoms with Crippen LogP contribution in [0.25, 0.3) is 0 Å². The second-order valence-corrected chi connectivity index (χ2v) is 5.74. The largest absolute Gasteiger partial charge is 0.368 e. The van der Waals surface area contributed by atoms with Crippen molar-refractivity contribution in [1.29, 1.82) is 0 Å². The predicted octanol–water partition coefficient (Wildman–Crippen LogP) is 3.46. The minimum Gasteiger partial charge on any atom is -0.368 e. The summed E-state index contributed by atoms with van der Waals surface area (Å²) in [4.78, 5) is 4.32. The van der Waals surface area contributed by atoms with Crippen molar-refractivity contribution < 1.29 is 8.78 Å². The van der Waals surface area contributed by atoms with Gasteiger partial charge in [0.2, 0.25) is 5.95 Å². The monoisotopic (exact) mass is 355 g/mol. The highest BCUT2D eigenvalue weighted by molar-refractivity contribution is 5.37. The van der Waals surface area contributed by atoms with Crippen LogP contribution in [-0.2, 0) is 12.8 Å². The van der Waals surface area contributed by atoms with Crippen LogP contribution in [0.15, 0.2) is 54.7 Å². The topological polar surface area (TPSA) is 62.7 Å². The van der Waals surface area contributed by atoms with E-state index in [0.29, 0.717) is 43.3 Å². The van der Waals surface area contributed by atoms with Crippen LogP contribution in [0, 0.1) is 11.6 Å². The van der Waals surface area contributed by atoms with Crippen molar-refractivity contribution in [3.05, 3.63) is 77.5 Å². The summed E-state index contributed by atoms with van der Waals surface area (Å²) in [5.41, 5.74) is 1.67. The zero-order valence-corrected chi connectivity index (χ0v) is 14.1. The van der Waals surface area contributed by atoms with Crippen molar-refractivity contribution in [1.82, 2.24) is 15.2 Å². The van der Waals surface area contributed by atoms with Crippen LogP contribution in [0.3, 0.4) is 0 Å². The summed E-state index contributed by atoms with van der Waals surface area (Å²) in [6, 6.07) is 13.1. The molecule has 0 fully saturated rings. The number of rotatable bonds is 8. The van der Waals surface area contributed by atoms with E-state index in [4.69, 9.17) is 0 Å². The lowest BCUT2D eigenvalue weighted by Crippen LogP contribution is -2.12. The molecular formula is C19H19F2N5. The zero-order chi connectivity index (χ0) is 18.2. The molecule has 3 aromatic rings. The van der Waals surface area contributed by atoms with Crippen LogP contribution < -0.4 is 10.6 Å². The van der Waals surface area contributed by atoms with Gasteiger partial charge in [0, 0.05) is 13.1 Å².